The van der Waals surface area contributed by atoms with Gasteiger partial charge in [-0.15, -0.1) is 0 Å². The van der Waals surface area contributed by atoms with Crippen molar-refractivity contribution in [3.05, 3.63) is 267 Å². The normalized spacial score (nSPS) is 18.2. The van der Waals surface area contributed by atoms with Crippen molar-refractivity contribution in [2.75, 3.05) is 91.6 Å². The summed E-state index contributed by atoms with van der Waals surface area (Å²) in [6, 6.07) is 56.1. The third kappa shape index (κ3) is 23.8. The Balaban J connectivity index is 0.000000213. The SMILES string of the molecule is C.C.C.CCN(CC)C(=O)c1ccc(C2=CC3(CCCN(C(=O)OCc4ccccc4)CC3)Oc3ccc(S(=O)(=O)Cl)cc32)cc1.CCNS(=O)(=O)c1ccc2c(c1)C(c1ccc(C(=O)N(CC)CC)cc1)=CC1(CCCN(C(=O)OCc3ccccc3)CC1)O2.CCNS(=O)(=O)c1ccc2c(c1)C(c1ccc(C(=O)N(CC)CC)cc1)=CC1(CCCNCC1)O2. The second-order valence-electron chi connectivity index (χ2n) is 31.1. The van der Waals surface area contributed by atoms with Crippen molar-refractivity contribution in [2.24, 2.45) is 0 Å². The summed E-state index contributed by atoms with van der Waals surface area (Å²) in [5, 5.41) is 3.44. The zero-order valence-electron chi connectivity index (χ0n) is 71.2. The largest absolute Gasteiger partial charge is 0.482 e. The second kappa shape index (κ2) is 44.2. The van der Waals surface area contributed by atoms with Gasteiger partial charge in [0.15, 0.2) is 0 Å². The molecule has 3 unspecified atom stereocenters. The lowest BCUT2D eigenvalue weighted by molar-refractivity contribution is 0.0765. The molecule has 0 bridgehead atoms. The van der Waals surface area contributed by atoms with Crippen LogP contribution in [0.5, 0.6) is 17.2 Å². The van der Waals surface area contributed by atoms with Crippen LogP contribution >= 0.6 is 10.7 Å². The number of carbonyl (C=O) groups is 5. The van der Waals surface area contributed by atoms with Crippen LogP contribution in [0.15, 0.2) is 221 Å². The Hall–Kier alpha value is -10.7. The summed E-state index contributed by atoms with van der Waals surface area (Å²) in [4.78, 5) is 73.7. The molecule has 6 aliphatic heterocycles. The number of carbonyl (C=O) groups excluding carboxylic acids is 5. The van der Waals surface area contributed by atoms with Crippen LogP contribution in [0.4, 0.5) is 9.59 Å². The molecular formula is C98H123ClN8O16S3. The average Bonchev–Trinajstić information content (AvgIpc) is 1.07. The molecule has 28 heteroatoms. The number of nitrogens with zero attached hydrogens (tertiary/aromatic N) is 5. The first-order valence-corrected chi connectivity index (χ1v) is 47.8. The van der Waals surface area contributed by atoms with Gasteiger partial charge >= 0.3 is 12.2 Å². The van der Waals surface area contributed by atoms with Gasteiger partial charge in [-0.3, -0.25) is 14.4 Å². The smallest absolute Gasteiger partial charge is 0.410 e. The second-order valence-corrected chi connectivity index (χ2v) is 37.2. The Morgan fingerprint density at radius 3 is 1.04 bits per heavy atom. The van der Waals surface area contributed by atoms with Gasteiger partial charge in [-0.25, -0.2) is 44.3 Å². The zero-order chi connectivity index (χ0) is 87.7. The number of nitrogens with one attached hydrogen (secondary N) is 3. The van der Waals surface area contributed by atoms with Crippen molar-refractivity contribution >= 4 is 86.4 Å². The third-order valence-electron chi connectivity index (χ3n) is 23.2. The maximum Gasteiger partial charge on any atom is 0.410 e. The van der Waals surface area contributed by atoms with Gasteiger partial charge in [0.2, 0.25) is 20.0 Å². The van der Waals surface area contributed by atoms with E-state index in [1.807, 2.05) is 169 Å². The lowest BCUT2D eigenvalue weighted by Gasteiger charge is -2.37. The number of rotatable bonds is 23. The molecule has 3 saturated heterocycles. The van der Waals surface area contributed by atoms with E-state index in [2.05, 4.69) is 26.9 Å². The highest BCUT2D eigenvalue weighted by Crippen LogP contribution is 2.48. The summed E-state index contributed by atoms with van der Waals surface area (Å²) in [5.41, 5.74) is 8.89. The number of likely N-dealkylation sites (tertiary alicyclic amines) is 2. The van der Waals surface area contributed by atoms with E-state index in [1.54, 1.807) is 92.9 Å². The third-order valence-corrected chi connectivity index (χ3v) is 27.6. The van der Waals surface area contributed by atoms with Crippen molar-refractivity contribution in [3.8, 4) is 17.2 Å². The van der Waals surface area contributed by atoms with Gasteiger partial charge in [0.25, 0.3) is 26.8 Å². The Morgan fingerprint density at radius 1 is 0.397 bits per heavy atom. The number of ether oxygens (including phenoxy) is 5. The highest BCUT2D eigenvalue weighted by atomic mass is 35.7. The fourth-order valence-electron chi connectivity index (χ4n) is 16.4. The van der Waals surface area contributed by atoms with Gasteiger partial charge < -0.3 is 53.5 Å². The predicted octanol–water partition coefficient (Wildman–Crippen LogP) is 18.0. The summed E-state index contributed by atoms with van der Waals surface area (Å²) < 4.78 is 112. The highest BCUT2D eigenvalue weighted by molar-refractivity contribution is 8.13. The summed E-state index contributed by atoms with van der Waals surface area (Å²) in [6.45, 7) is 23.8. The molecule has 3 atom stereocenters. The minimum atomic E-state index is -3.98. The molecule has 6 heterocycles. The molecule has 0 saturated carbocycles. The van der Waals surface area contributed by atoms with Crippen LogP contribution in [-0.4, -0.2) is 188 Å². The minimum Gasteiger partial charge on any atom is -0.482 e. The maximum atomic E-state index is 13.0. The van der Waals surface area contributed by atoms with E-state index >= 15 is 0 Å². The lowest BCUT2D eigenvalue weighted by Crippen LogP contribution is -2.39. The Bertz CT molecular complexity index is 5550. The average molecular weight is 1800 g/mol. The van der Waals surface area contributed by atoms with E-state index in [1.165, 1.54) is 12.1 Å². The Labute approximate surface area is 750 Å². The number of hydrogen-bond acceptors (Lipinski definition) is 17. The van der Waals surface area contributed by atoms with Crippen LogP contribution in [0.2, 0.25) is 0 Å². The summed E-state index contributed by atoms with van der Waals surface area (Å²) in [5.74, 6) is 1.71. The van der Waals surface area contributed by atoms with Gasteiger partial charge in [-0.05, 0) is 247 Å². The molecule has 6 aliphatic rings. The molecule has 126 heavy (non-hydrogen) atoms. The van der Waals surface area contributed by atoms with Crippen molar-refractivity contribution in [1.29, 1.82) is 0 Å². The number of hydrogen-bond donors (Lipinski definition) is 3. The van der Waals surface area contributed by atoms with E-state index in [-0.39, 0.29) is 86.6 Å². The van der Waals surface area contributed by atoms with Crippen molar-refractivity contribution < 1.29 is 72.9 Å². The zero-order valence-corrected chi connectivity index (χ0v) is 74.4. The number of benzene rings is 8. The van der Waals surface area contributed by atoms with E-state index in [0.29, 0.717) is 156 Å². The standard InChI is InChI=1S/C35H41N3O6S.C33H35ClN2O6S.C27H35N3O4S.3CH4/c1-4-36-45(41,42)29-17-18-32-30(23-29)31(27-13-15-28(16-14-27)33(39)37(5-2)6-3)24-35(44-32)19-10-21-38(22-20-35)34(40)43-25-26-11-8-7-9-12-26;1-3-35(4-2)31(37)26-13-11-25(12-14-26)29-22-33(42-30-16-15-27(21-28(29)30)43(34,39)40)17-8-19-36(20-18-33)32(38)41-23-24-9-6-5-7-10-24;1-4-29-35(32,33)22-12-13-25-23(18-22)24(19-27(34-25)14-7-16-28-17-15-27)20-8-10-21(11-9-20)26(31)30(5-2)6-3;;;/h7-9,11-18,23-24,36H,4-6,10,19-22,25H2,1-3H3;5-7,9-16,21-22H,3-4,8,17-20,23H2,1-2H3;8-13,18-19,28-29H,4-7,14-17H2,1-3H3;3*1H4. The van der Waals surface area contributed by atoms with Gasteiger partial charge in [0, 0.05) is 142 Å². The van der Waals surface area contributed by atoms with Gasteiger partial charge in [0.1, 0.15) is 47.3 Å². The van der Waals surface area contributed by atoms with E-state index in [4.69, 9.17) is 34.4 Å². The van der Waals surface area contributed by atoms with Crippen LogP contribution in [-0.2, 0) is 51.8 Å². The fraction of sp³-hybridized carbons (Fsp3) is 0.398. The Morgan fingerprint density at radius 2 is 0.714 bits per heavy atom. The topological polar surface area (TPSA) is 286 Å². The fourth-order valence-corrected chi connectivity index (χ4v) is 19.4. The number of amides is 5. The predicted molar refractivity (Wildman–Crippen MR) is 498 cm³/mol. The maximum absolute atomic E-state index is 13.0. The monoisotopic (exact) mass is 1800 g/mol. The number of fused-ring (bicyclic) bond motifs is 3. The van der Waals surface area contributed by atoms with Crippen LogP contribution in [0, 0.1) is 0 Å². The molecule has 676 valence electrons. The van der Waals surface area contributed by atoms with Crippen molar-refractivity contribution in [2.45, 2.75) is 180 Å². The first-order chi connectivity index (χ1) is 59.1. The molecule has 0 aromatic heterocycles. The summed E-state index contributed by atoms with van der Waals surface area (Å²) in [6.07, 6.45) is 12.0. The first-order valence-electron chi connectivity index (χ1n) is 42.6. The van der Waals surface area contributed by atoms with E-state index in [0.717, 1.165) is 82.5 Å². The van der Waals surface area contributed by atoms with Gasteiger partial charge in [-0.2, -0.15) is 0 Å². The molecule has 3 N–H and O–H groups in total. The van der Waals surface area contributed by atoms with Crippen molar-refractivity contribution in [3.63, 3.8) is 0 Å². The number of sulfonamides is 2. The summed E-state index contributed by atoms with van der Waals surface area (Å²) in [7, 11) is -5.59. The molecule has 0 aliphatic carbocycles. The Kier molecular flexibility index (Phi) is 34.8. The highest BCUT2D eigenvalue weighted by Gasteiger charge is 2.43. The van der Waals surface area contributed by atoms with Gasteiger partial charge in [-0.1, -0.05) is 133 Å². The molecule has 5 amide bonds. The van der Waals surface area contributed by atoms with Crippen molar-refractivity contribution in [1.82, 2.24) is 39.3 Å². The van der Waals surface area contributed by atoms with E-state index in [9.17, 15) is 49.2 Å². The molecule has 24 nitrogen and oxygen atoms in total. The molecule has 14 rings (SSSR count). The molecule has 0 radical (unpaired) electrons. The van der Waals surface area contributed by atoms with Crippen LogP contribution in [0.25, 0.3) is 16.7 Å². The van der Waals surface area contributed by atoms with Crippen LogP contribution < -0.4 is 29.0 Å². The first kappa shape index (κ1) is 99.1. The molecular weight excluding hydrogens is 1680 g/mol. The summed E-state index contributed by atoms with van der Waals surface area (Å²) >= 11 is 0. The molecule has 3 fully saturated rings. The molecule has 8 aromatic carbocycles. The quantitative estimate of drug-likeness (QED) is 0.0502. The minimum absolute atomic E-state index is 0. The lowest BCUT2D eigenvalue weighted by atomic mass is 9.84. The van der Waals surface area contributed by atoms with Gasteiger partial charge in [0.05, 0.1) is 14.7 Å². The van der Waals surface area contributed by atoms with Crippen LogP contribution in [0.1, 0.15) is 211 Å². The van der Waals surface area contributed by atoms with E-state index < -0.39 is 45.9 Å². The molecule has 8 aromatic rings. The molecule has 3 spiro atoms. The van der Waals surface area contributed by atoms with Crippen LogP contribution in [0.3, 0.4) is 0 Å². The number of halogens is 1.